The fourth-order valence-electron chi connectivity index (χ4n) is 3.92. The van der Waals surface area contributed by atoms with Crippen LogP contribution in [0.3, 0.4) is 0 Å². The number of rotatable bonds is 7. The highest BCUT2D eigenvalue weighted by Crippen LogP contribution is 2.28. The summed E-state index contributed by atoms with van der Waals surface area (Å²) in [4.78, 5) is 26.6. The number of hydrogen-bond donors (Lipinski definition) is 0. The van der Waals surface area contributed by atoms with Crippen molar-refractivity contribution in [1.82, 2.24) is 9.21 Å². The Kier molecular flexibility index (Phi) is 7.23. The van der Waals surface area contributed by atoms with Crippen LogP contribution in [0.1, 0.15) is 10.4 Å². The van der Waals surface area contributed by atoms with Gasteiger partial charge in [0.1, 0.15) is 0 Å². The second kappa shape index (κ2) is 10.3. The summed E-state index contributed by atoms with van der Waals surface area (Å²) in [6.45, 7) is 0.290. The molecule has 10 heteroatoms. The lowest BCUT2D eigenvalue weighted by molar-refractivity contribution is -0.135. The van der Waals surface area contributed by atoms with Crippen LogP contribution in [0, 0.1) is 0 Å². The third-order valence-corrected chi connectivity index (χ3v) is 7.79. The van der Waals surface area contributed by atoms with Gasteiger partial charge in [0.15, 0.2) is 18.1 Å². The highest BCUT2D eigenvalue weighted by molar-refractivity contribution is 7.89. The molecule has 1 heterocycles. The van der Waals surface area contributed by atoms with Gasteiger partial charge in [0.2, 0.25) is 10.0 Å². The second-order valence-corrected chi connectivity index (χ2v) is 9.88. The molecule has 3 aromatic rings. The summed E-state index contributed by atoms with van der Waals surface area (Å²) in [7, 11) is -0.747. The summed E-state index contributed by atoms with van der Waals surface area (Å²) in [6.07, 6.45) is 0. The van der Waals surface area contributed by atoms with Crippen molar-refractivity contribution in [3.8, 4) is 11.5 Å². The van der Waals surface area contributed by atoms with Crippen molar-refractivity contribution in [3.63, 3.8) is 0 Å². The largest absolute Gasteiger partial charge is 0.493 e. The number of hydrogen-bond acceptors (Lipinski definition) is 7. The van der Waals surface area contributed by atoms with Crippen molar-refractivity contribution >= 4 is 32.7 Å². The third kappa shape index (κ3) is 5.23. The lowest BCUT2D eigenvalue weighted by Crippen LogP contribution is -2.51. The first-order chi connectivity index (χ1) is 16.8. The molecule has 1 aliphatic heterocycles. The summed E-state index contributed by atoms with van der Waals surface area (Å²) >= 11 is 0. The number of sulfonamides is 1. The van der Waals surface area contributed by atoms with Gasteiger partial charge in [-0.3, -0.25) is 4.79 Å². The maximum atomic E-state index is 13.1. The second-order valence-electron chi connectivity index (χ2n) is 7.94. The van der Waals surface area contributed by atoms with E-state index in [0.29, 0.717) is 11.5 Å². The van der Waals surface area contributed by atoms with E-state index in [4.69, 9.17) is 14.2 Å². The van der Waals surface area contributed by atoms with E-state index in [0.717, 1.165) is 10.8 Å². The van der Waals surface area contributed by atoms with E-state index in [1.807, 2.05) is 24.3 Å². The van der Waals surface area contributed by atoms with Gasteiger partial charge in [0, 0.05) is 26.2 Å². The molecule has 1 aliphatic rings. The smallest absolute Gasteiger partial charge is 0.338 e. The van der Waals surface area contributed by atoms with Crippen LogP contribution in [0.4, 0.5) is 0 Å². The molecule has 3 aromatic carbocycles. The summed E-state index contributed by atoms with van der Waals surface area (Å²) < 4.78 is 43.1. The van der Waals surface area contributed by atoms with Crippen LogP contribution in [0.2, 0.25) is 0 Å². The molecule has 0 aromatic heterocycles. The predicted molar refractivity (Wildman–Crippen MR) is 129 cm³/mol. The molecule has 35 heavy (non-hydrogen) atoms. The Morgan fingerprint density at radius 1 is 0.829 bits per heavy atom. The molecule has 0 aliphatic carbocycles. The van der Waals surface area contributed by atoms with Crippen LogP contribution in [0.25, 0.3) is 10.8 Å². The van der Waals surface area contributed by atoms with Gasteiger partial charge in [-0.2, -0.15) is 4.31 Å². The standard InChI is InChI=1S/C25H26N2O7S/c1-32-22-10-8-20(16-23(22)33-2)25(29)34-17-24(28)26-11-13-27(14-12-26)35(30,31)21-9-7-18-5-3-4-6-19(18)15-21/h3-10,15-16H,11-14,17H2,1-2H3. The SMILES string of the molecule is COc1ccc(C(=O)OCC(=O)N2CCN(S(=O)(=O)c3ccc4ccccc4c3)CC2)cc1OC. The van der Waals surface area contributed by atoms with Gasteiger partial charge < -0.3 is 19.1 Å². The number of benzene rings is 3. The number of amides is 1. The van der Waals surface area contributed by atoms with Crippen LogP contribution in [0.15, 0.2) is 65.6 Å². The van der Waals surface area contributed by atoms with E-state index in [1.165, 1.54) is 35.6 Å². The van der Waals surface area contributed by atoms with Gasteiger partial charge in [0.05, 0.1) is 24.7 Å². The molecule has 184 valence electrons. The number of methoxy groups -OCH3 is 2. The molecule has 1 saturated heterocycles. The van der Waals surface area contributed by atoms with Gasteiger partial charge in [-0.05, 0) is 41.1 Å². The number of piperazine rings is 1. The molecule has 0 bridgehead atoms. The quantitative estimate of drug-likeness (QED) is 0.461. The molecule has 0 radical (unpaired) electrons. The fraction of sp³-hybridized carbons (Fsp3) is 0.280. The fourth-order valence-corrected chi connectivity index (χ4v) is 5.38. The average Bonchev–Trinajstić information content (AvgIpc) is 2.90. The minimum atomic E-state index is -3.69. The first kappa shape index (κ1) is 24.5. The van der Waals surface area contributed by atoms with Crippen LogP contribution in [-0.2, 0) is 19.6 Å². The van der Waals surface area contributed by atoms with Gasteiger partial charge in [-0.1, -0.05) is 30.3 Å². The van der Waals surface area contributed by atoms with E-state index in [-0.39, 0.29) is 42.5 Å². The number of carbonyl (C=O) groups is 2. The van der Waals surface area contributed by atoms with E-state index in [1.54, 1.807) is 24.3 Å². The average molecular weight is 499 g/mol. The molecule has 0 unspecified atom stereocenters. The van der Waals surface area contributed by atoms with Crippen molar-refractivity contribution < 1.29 is 32.2 Å². The minimum Gasteiger partial charge on any atom is -0.493 e. The van der Waals surface area contributed by atoms with Crippen molar-refractivity contribution in [2.24, 2.45) is 0 Å². The number of nitrogens with zero attached hydrogens (tertiary/aromatic N) is 2. The van der Waals surface area contributed by atoms with Crippen molar-refractivity contribution in [3.05, 3.63) is 66.2 Å². The van der Waals surface area contributed by atoms with Crippen LogP contribution in [0.5, 0.6) is 11.5 Å². The first-order valence-electron chi connectivity index (χ1n) is 11.0. The predicted octanol–water partition coefficient (Wildman–Crippen LogP) is 2.55. The maximum Gasteiger partial charge on any atom is 0.338 e. The lowest BCUT2D eigenvalue weighted by Gasteiger charge is -2.33. The molecule has 0 atom stereocenters. The lowest BCUT2D eigenvalue weighted by atomic mass is 10.1. The summed E-state index contributed by atoms with van der Waals surface area (Å²) in [5.74, 6) is -0.216. The Hall–Kier alpha value is -3.63. The molecule has 0 spiro atoms. The van der Waals surface area contributed by atoms with Crippen molar-refractivity contribution in [2.45, 2.75) is 4.90 Å². The van der Waals surface area contributed by atoms with E-state index < -0.39 is 22.6 Å². The van der Waals surface area contributed by atoms with Gasteiger partial charge in [-0.15, -0.1) is 0 Å². The molecule has 0 N–H and O–H groups in total. The number of carbonyl (C=O) groups excluding carboxylic acids is 2. The van der Waals surface area contributed by atoms with E-state index in [9.17, 15) is 18.0 Å². The zero-order chi connectivity index (χ0) is 25.0. The molecular formula is C25H26N2O7S. The highest BCUT2D eigenvalue weighted by Gasteiger charge is 2.30. The number of ether oxygens (including phenoxy) is 3. The zero-order valence-corrected chi connectivity index (χ0v) is 20.3. The first-order valence-corrected chi connectivity index (χ1v) is 12.4. The van der Waals surface area contributed by atoms with Gasteiger partial charge >= 0.3 is 5.97 Å². The Balaban J connectivity index is 1.33. The molecule has 1 amide bonds. The highest BCUT2D eigenvalue weighted by atomic mass is 32.2. The number of fused-ring (bicyclic) bond motifs is 1. The minimum absolute atomic E-state index is 0.157. The zero-order valence-electron chi connectivity index (χ0n) is 19.5. The van der Waals surface area contributed by atoms with Crippen molar-refractivity contribution in [1.29, 1.82) is 0 Å². The van der Waals surface area contributed by atoms with Crippen molar-refractivity contribution in [2.75, 3.05) is 47.0 Å². The van der Waals surface area contributed by atoms with E-state index >= 15 is 0 Å². The van der Waals surface area contributed by atoms with Gasteiger partial charge in [0.25, 0.3) is 5.91 Å². The Bertz CT molecular complexity index is 1350. The maximum absolute atomic E-state index is 13.1. The molecule has 4 rings (SSSR count). The van der Waals surface area contributed by atoms with E-state index in [2.05, 4.69) is 0 Å². The Morgan fingerprint density at radius 3 is 2.20 bits per heavy atom. The Labute approximate surface area is 203 Å². The molecule has 9 nitrogen and oxygen atoms in total. The topological polar surface area (TPSA) is 102 Å². The van der Waals surface area contributed by atoms with Crippen LogP contribution in [-0.4, -0.2) is 76.5 Å². The molecule has 1 fully saturated rings. The Morgan fingerprint density at radius 2 is 1.51 bits per heavy atom. The molecule has 0 saturated carbocycles. The normalized spacial score (nSPS) is 14.5. The van der Waals surface area contributed by atoms with Gasteiger partial charge in [-0.25, -0.2) is 13.2 Å². The molecular weight excluding hydrogens is 472 g/mol. The summed E-state index contributed by atoms with van der Waals surface area (Å²) in [6, 6.07) is 17.2. The van der Waals surface area contributed by atoms with Crippen LogP contribution < -0.4 is 9.47 Å². The summed E-state index contributed by atoms with van der Waals surface area (Å²) in [5.41, 5.74) is 0.224. The van der Waals surface area contributed by atoms with Crippen LogP contribution >= 0.6 is 0 Å². The monoisotopic (exact) mass is 498 g/mol. The summed E-state index contributed by atoms with van der Waals surface area (Å²) in [5, 5.41) is 1.81. The third-order valence-electron chi connectivity index (χ3n) is 5.90. The number of esters is 1.